The monoisotopic (exact) mass is 324 g/mol. The van der Waals surface area contributed by atoms with Crippen LogP contribution >= 0.6 is 0 Å². The Bertz CT molecular complexity index is 633. The maximum absolute atomic E-state index is 12.6. The highest BCUT2D eigenvalue weighted by Gasteiger charge is 2.31. The molecule has 0 unspecified atom stereocenters. The molecule has 2 aromatic carbocycles. The van der Waals surface area contributed by atoms with Crippen LogP contribution in [0.15, 0.2) is 48.5 Å². The van der Waals surface area contributed by atoms with E-state index in [0.29, 0.717) is 11.1 Å². The number of hydrogen-bond acceptors (Lipinski definition) is 2. The first kappa shape index (κ1) is 17.5. The lowest BCUT2D eigenvalue weighted by Crippen LogP contribution is -2.18. The molecule has 3 atom stereocenters. The number of aryl methyl sites for hydroxylation is 1. The summed E-state index contributed by atoms with van der Waals surface area (Å²) < 4.78 is 37.7. The van der Waals surface area contributed by atoms with Gasteiger partial charge < -0.3 is 10.2 Å². The molecule has 23 heavy (non-hydrogen) atoms. The highest BCUT2D eigenvalue weighted by Crippen LogP contribution is 2.34. The topological polar surface area (TPSA) is 40.5 Å². The number of hydrogen-bond donors (Lipinski definition) is 2. The van der Waals surface area contributed by atoms with E-state index in [9.17, 15) is 23.4 Å². The number of alkyl halides is 3. The van der Waals surface area contributed by atoms with E-state index >= 15 is 0 Å². The van der Waals surface area contributed by atoms with Gasteiger partial charge in [-0.3, -0.25) is 0 Å². The van der Waals surface area contributed by atoms with Crippen LogP contribution < -0.4 is 0 Å². The van der Waals surface area contributed by atoms with Crippen LogP contribution in [0.3, 0.4) is 0 Å². The van der Waals surface area contributed by atoms with E-state index in [2.05, 4.69) is 0 Å². The Morgan fingerprint density at radius 2 is 1.17 bits per heavy atom. The molecule has 0 saturated heterocycles. The van der Waals surface area contributed by atoms with Crippen molar-refractivity contribution >= 4 is 0 Å². The van der Waals surface area contributed by atoms with E-state index in [1.165, 1.54) is 12.1 Å². The van der Waals surface area contributed by atoms with Gasteiger partial charge in [-0.05, 0) is 30.2 Å². The molecule has 0 fully saturated rings. The summed E-state index contributed by atoms with van der Waals surface area (Å²) in [5.74, 6) is -0.561. The molecule has 2 nitrogen and oxygen atoms in total. The zero-order chi connectivity index (χ0) is 17.2. The van der Waals surface area contributed by atoms with Gasteiger partial charge >= 0.3 is 6.18 Å². The predicted octanol–water partition coefficient (Wildman–Crippen LogP) is 4.42. The largest absolute Gasteiger partial charge is 0.416 e. The lowest BCUT2D eigenvalue weighted by atomic mass is 9.88. The number of rotatable bonds is 4. The van der Waals surface area contributed by atoms with Crippen LogP contribution in [-0.2, 0) is 6.18 Å². The minimum Gasteiger partial charge on any atom is -0.388 e. The Labute approximate surface area is 133 Å². The first-order valence-corrected chi connectivity index (χ1v) is 7.30. The van der Waals surface area contributed by atoms with Gasteiger partial charge in [0, 0.05) is 5.92 Å². The summed E-state index contributed by atoms with van der Waals surface area (Å²) in [4.78, 5) is 0. The Morgan fingerprint density at radius 3 is 1.57 bits per heavy atom. The number of benzene rings is 2. The van der Waals surface area contributed by atoms with E-state index in [1.807, 2.05) is 19.1 Å². The van der Waals surface area contributed by atoms with Crippen LogP contribution in [0.5, 0.6) is 0 Å². The summed E-state index contributed by atoms with van der Waals surface area (Å²) >= 11 is 0. The fourth-order valence-corrected chi connectivity index (χ4v) is 2.41. The summed E-state index contributed by atoms with van der Waals surface area (Å²) in [7, 11) is 0. The summed E-state index contributed by atoms with van der Waals surface area (Å²) in [5, 5.41) is 20.7. The second-order valence-corrected chi connectivity index (χ2v) is 5.78. The molecule has 0 bridgehead atoms. The van der Waals surface area contributed by atoms with Gasteiger partial charge in [-0.15, -0.1) is 0 Å². The second-order valence-electron chi connectivity index (χ2n) is 5.78. The molecule has 0 aromatic heterocycles. The third-order valence-electron chi connectivity index (χ3n) is 3.99. The lowest BCUT2D eigenvalue weighted by molar-refractivity contribution is -0.137. The Balaban J connectivity index is 2.15. The molecule has 0 aliphatic rings. The van der Waals surface area contributed by atoms with Crippen molar-refractivity contribution in [3.8, 4) is 0 Å². The molecule has 0 amide bonds. The van der Waals surface area contributed by atoms with Gasteiger partial charge in [0.2, 0.25) is 0 Å². The fourth-order valence-electron chi connectivity index (χ4n) is 2.41. The Kier molecular flexibility index (Phi) is 5.12. The summed E-state index contributed by atoms with van der Waals surface area (Å²) in [6.45, 7) is 3.59. The maximum Gasteiger partial charge on any atom is 0.416 e. The van der Waals surface area contributed by atoms with Crippen molar-refractivity contribution in [1.82, 2.24) is 0 Å². The normalized spacial score (nSPS) is 16.0. The number of aliphatic hydroxyl groups is 2. The molecule has 2 rings (SSSR count). The average molecular weight is 324 g/mol. The van der Waals surface area contributed by atoms with Crippen LogP contribution in [0.25, 0.3) is 0 Å². The van der Waals surface area contributed by atoms with E-state index in [1.54, 1.807) is 19.1 Å². The van der Waals surface area contributed by atoms with Crippen molar-refractivity contribution in [1.29, 1.82) is 0 Å². The average Bonchev–Trinajstić information content (AvgIpc) is 2.53. The molecule has 2 aromatic rings. The molecular formula is C18H19F3O2. The third kappa shape index (κ3) is 4.12. The van der Waals surface area contributed by atoms with E-state index < -0.39 is 29.9 Å². The van der Waals surface area contributed by atoms with Crippen molar-refractivity contribution in [2.45, 2.75) is 32.2 Å². The van der Waals surface area contributed by atoms with Crippen molar-refractivity contribution in [2.24, 2.45) is 5.92 Å². The highest BCUT2D eigenvalue weighted by molar-refractivity contribution is 5.28. The molecule has 0 aliphatic carbocycles. The van der Waals surface area contributed by atoms with Crippen LogP contribution in [0, 0.1) is 12.8 Å². The van der Waals surface area contributed by atoms with Crippen LogP contribution in [0.1, 0.15) is 41.4 Å². The molecule has 124 valence electrons. The van der Waals surface area contributed by atoms with E-state index in [4.69, 9.17) is 0 Å². The molecule has 0 aliphatic heterocycles. The third-order valence-corrected chi connectivity index (χ3v) is 3.99. The van der Waals surface area contributed by atoms with Crippen LogP contribution in [-0.4, -0.2) is 10.2 Å². The Hall–Kier alpha value is -1.85. The highest BCUT2D eigenvalue weighted by atomic mass is 19.4. The zero-order valence-electron chi connectivity index (χ0n) is 12.9. The van der Waals surface area contributed by atoms with Gasteiger partial charge in [-0.25, -0.2) is 0 Å². The molecule has 0 heterocycles. The predicted molar refractivity (Wildman–Crippen MR) is 81.7 cm³/mol. The standard InChI is InChI=1S/C18H19F3O2/c1-11-3-5-13(6-4-11)16(22)12(2)17(23)14-7-9-15(10-8-14)18(19,20)21/h3-10,12,16-17,22-23H,1-2H3/t12-,16+,17+/m1/s1. The van der Waals surface area contributed by atoms with Crippen molar-refractivity contribution in [3.63, 3.8) is 0 Å². The molecule has 2 N–H and O–H groups in total. The van der Waals surface area contributed by atoms with E-state index in [0.717, 1.165) is 17.7 Å². The van der Waals surface area contributed by atoms with Crippen LogP contribution in [0.4, 0.5) is 13.2 Å². The first-order chi connectivity index (χ1) is 10.7. The van der Waals surface area contributed by atoms with Gasteiger partial charge in [0.05, 0.1) is 17.8 Å². The first-order valence-electron chi connectivity index (χ1n) is 7.30. The molecule has 0 saturated carbocycles. The number of halogens is 3. The molecule has 0 radical (unpaired) electrons. The van der Waals surface area contributed by atoms with Gasteiger partial charge in [-0.2, -0.15) is 13.2 Å². The summed E-state index contributed by atoms with van der Waals surface area (Å²) in [6.07, 6.45) is -6.38. The minimum atomic E-state index is -4.41. The van der Waals surface area contributed by atoms with Crippen molar-refractivity contribution in [2.75, 3.05) is 0 Å². The minimum absolute atomic E-state index is 0.344. The smallest absolute Gasteiger partial charge is 0.388 e. The van der Waals surface area contributed by atoms with Crippen molar-refractivity contribution < 1.29 is 23.4 Å². The second kappa shape index (κ2) is 6.72. The van der Waals surface area contributed by atoms with Crippen LogP contribution in [0.2, 0.25) is 0 Å². The van der Waals surface area contributed by atoms with Gasteiger partial charge in [0.15, 0.2) is 0 Å². The van der Waals surface area contributed by atoms with E-state index in [-0.39, 0.29) is 0 Å². The SMILES string of the molecule is Cc1ccc([C@@H](O)[C@@H](C)[C@H](O)c2ccc(C(F)(F)F)cc2)cc1. The van der Waals surface area contributed by atoms with Gasteiger partial charge in [-0.1, -0.05) is 48.9 Å². The Morgan fingerprint density at radius 1 is 0.783 bits per heavy atom. The van der Waals surface area contributed by atoms with Gasteiger partial charge in [0.1, 0.15) is 0 Å². The molecular weight excluding hydrogens is 305 g/mol. The fraction of sp³-hybridized carbons (Fsp3) is 0.333. The summed E-state index contributed by atoms with van der Waals surface area (Å²) in [5.41, 5.74) is 1.29. The summed E-state index contributed by atoms with van der Waals surface area (Å²) in [6, 6.07) is 11.6. The molecule has 0 spiro atoms. The maximum atomic E-state index is 12.6. The quantitative estimate of drug-likeness (QED) is 0.874. The zero-order valence-corrected chi connectivity index (χ0v) is 12.9. The lowest BCUT2D eigenvalue weighted by Gasteiger charge is -2.25. The molecule has 5 heteroatoms. The van der Waals surface area contributed by atoms with Gasteiger partial charge in [0.25, 0.3) is 0 Å². The number of aliphatic hydroxyl groups excluding tert-OH is 2. The van der Waals surface area contributed by atoms with Crippen molar-refractivity contribution in [3.05, 3.63) is 70.8 Å².